The van der Waals surface area contributed by atoms with Gasteiger partial charge in [0.2, 0.25) is 0 Å². The van der Waals surface area contributed by atoms with E-state index in [1.165, 1.54) is 18.4 Å². The number of nitrogens with one attached hydrogen (secondary N) is 1. The molecule has 1 atom stereocenters. The molecule has 1 aliphatic rings. The molecule has 0 amide bonds. The maximum atomic E-state index is 4.19. The fourth-order valence-corrected chi connectivity index (χ4v) is 2.64. The zero-order valence-electron chi connectivity index (χ0n) is 11.7. The Morgan fingerprint density at radius 1 is 1.45 bits per heavy atom. The first kappa shape index (κ1) is 13.1. The van der Waals surface area contributed by atoms with E-state index in [4.69, 9.17) is 0 Å². The van der Waals surface area contributed by atoms with Crippen LogP contribution in [0.1, 0.15) is 18.4 Å². The number of hydrogen-bond donors (Lipinski definition) is 1. The Bertz CT molecular complexity index is 538. The molecule has 3 rings (SSSR count). The van der Waals surface area contributed by atoms with E-state index in [1.54, 1.807) is 6.20 Å². The molecular weight excluding hydrogens is 252 g/mol. The molecule has 1 aliphatic heterocycles. The van der Waals surface area contributed by atoms with Gasteiger partial charge in [0.05, 0.1) is 6.20 Å². The van der Waals surface area contributed by atoms with Crippen molar-refractivity contribution in [3.8, 4) is 0 Å². The number of hydrogen-bond acceptors (Lipinski definition) is 5. The van der Waals surface area contributed by atoms with Gasteiger partial charge in [0.15, 0.2) is 5.82 Å². The van der Waals surface area contributed by atoms with Crippen LogP contribution in [-0.4, -0.2) is 39.1 Å². The van der Waals surface area contributed by atoms with Crippen LogP contribution < -0.4 is 10.2 Å². The van der Waals surface area contributed by atoms with Gasteiger partial charge in [-0.25, -0.2) is 0 Å². The molecule has 1 N–H and O–H groups in total. The molecule has 6 heteroatoms. The van der Waals surface area contributed by atoms with E-state index >= 15 is 0 Å². The summed E-state index contributed by atoms with van der Waals surface area (Å²) in [6.07, 6.45) is 8.07. The summed E-state index contributed by atoms with van der Waals surface area (Å²) in [7, 11) is 1.94. The third-order valence-electron chi connectivity index (χ3n) is 3.66. The zero-order chi connectivity index (χ0) is 13.8. The average Bonchev–Trinajstić information content (AvgIpc) is 2.92. The first-order valence-corrected chi connectivity index (χ1v) is 7.05. The average molecular weight is 272 g/mol. The number of aryl methyl sites for hydroxylation is 1. The van der Waals surface area contributed by atoms with Crippen LogP contribution >= 0.6 is 0 Å². The van der Waals surface area contributed by atoms with Gasteiger partial charge in [0.1, 0.15) is 0 Å². The van der Waals surface area contributed by atoms with Crippen molar-refractivity contribution < 1.29 is 0 Å². The number of piperidine rings is 1. The summed E-state index contributed by atoms with van der Waals surface area (Å²) in [6.45, 7) is 2.91. The third kappa shape index (κ3) is 3.14. The minimum absolute atomic E-state index is 0.492. The van der Waals surface area contributed by atoms with Gasteiger partial charge >= 0.3 is 0 Å². The van der Waals surface area contributed by atoms with Crippen molar-refractivity contribution in [2.45, 2.75) is 25.4 Å². The van der Waals surface area contributed by atoms with Gasteiger partial charge in [-0.15, -0.1) is 5.10 Å². The molecule has 0 bridgehead atoms. The van der Waals surface area contributed by atoms with Gasteiger partial charge < -0.3 is 10.2 Å². The topological polar surface area (TPSA) is 58.9 Å². The van der Waals surface area contributed by atoms with Gasteiger partial charge in [-0.2, -0.15) is 10.2 Å². The number of rotatable bonds is 4. The molecule has 106 valence electrons. The standard InChI is InChI=1S/C14H20N6/c1-19-10-12(9-17-19)8-15-13-4-3-7-20(11-13)14-5-2-6-16-18-14/h2,5-6,9-10,13,15H,3-4,7-8,11H2,1H3. The predicted molar refractivity (Wildman–Crippen MR) is 77.3 cm³/mol. The van der Waals surface area contributed by atoms with Crippen LogP contribution in [0.5, 0.6) is 0 Å². The molecule has 1 unspecified atom stereocenters. The van der Waals surface area contributed by atoms with E-state index in [0.29, 0.717) is 6.04 Å². The van der Waals surface area contributed by atoms with Gasteiger partial charge in [0.25, 0.3) is 0 Å². The van der Waals surface area contributed by atoms with Crippen molar-refractivity contribution in [1.29, 1.82) is 0 Å². The lowest BCUT2D eigenvalue weighted by molar-refractivity contribution is 0.419. The summed E-state index contributed by atoms with van der Waals surface area (Å²) < 4.78 is 1.84. The Morgan fingerprint density at radius 2 is 2.40 bits per heavy atom. The van der Waals surface area contributed by atoms with E-state index in [2.05, 4.69) is 31.7 Å². The molecule has 1 fully saturated rings. The van der Waals surface area contributed by atoms with Gasteiger partial charge in [-0.3, -0.25) is 4.68 Å². The van der Waals surface area contributed by atoms with Crippen molar-refractivity contribution in [2.24, 2.45) is 7.05 Å². The Labute approximate surface area is 118 Å². The molecule has 0 spiro atoms. The second kappa shape index (κ2) is 6.00. The zero-order valence-corrected chi connectivity index (χ0v) is 11.7. The SMILES string of the molecule is Cn1cc(CNC2CCCN(c3cccnn3)C2)cn1. The minimum atomic E-state index is 0.492. The van der Waals surface area contributed by atoms with Crippen LogP contribution in [0.3, 0.4) is 0 Å². The highest BCUT2D eigenvalue weighted by Gasteiger charge is 2.20. The summed E-state index contributed by atoms with van der Waals surface area (Å²) in [5, 5.41) is 16.0. The van der Waals surface area contributed by atoms with Crippen LogP contribution in [0.15, 0.2) is 30.7 Å². The van der Waals surface area contributed by atoms with Gasteiger partial charge in [-0.05, 0) is 25.0 Å². The van der Waals surface area contributed by atoms with Crippen molar-refractivity contribution in [3.63, 3.8) is 0 Å². The van der Waals surface area contributed by atoms with Crippen LogP contribution in [0.2, 0.25) is 0 Å². The first-order valence-electron chi connectivity index (χ1n) is 7.05. The van der Waals surface area contributed by atoms with Crippen molar-refractivity contribution in [2.75, 3.05) is 18.0 Å². The summed E-state index contributed by atoms with van der Waals surface area (Å²) in [6, 6.07) is 4.46. The lowest BCUT2D eigenvalue weighted by Gasteiger charge is -2.33. The molecule has 0 radical (unpaired) electrons. The Hall–Kier alpha value is -1.95. The lowest BCUT2D eigenvalue weighted by Crippen LogP contribution is -2.45. The van der Waals surface area contributed by atoms with Crippen molar-refractivity contribution in [1.82, 2.24) is 25.3 Å². The molecule has 0 aromatic carbocycles. The normalized spacial score (nSPS) is 19.2. The predicted octanol–water partition coefficient (Wildman–Crippen LogP) is 0.969. The molecule has 3 heterocycles. The quantitative estimate of drug-likeness (QED) is 0.898. The second-order valence-corrected chi connectivity index (χ2v) is 5.27. The molecule has 2 aromatic rings. The maximum absolute atomic E-state index is 4.19. The monoisotopic (exact) mass is 272 g/mol. The molecule has 0 aliphatic carbocycles. The Morgan fingerprint density at radius 3 is 3.15 bits per heavy atom. The summed E-state index contributed by atoms with van der Waals surface area (Å²) >= 11 is 0. The molecule has 2 aromatic heterocycles. The van der Waals surface area contributed by atoms with Crippen LogP contribution in [-0.2, 0) is 13.6 Å². The number of nitrogens with zero attached hydrogens (tertiary/aromatic N) is 5. The van der Waals surface area contributed by atoms with Gasteiger partial charge in [-0.1, -0.05) is 0 Å². The number of aromatic nitrogens is 4. The molecule has 1 saturated heterocycles. The smallest absolute Gasteiger partial charge is 0.151 e. The van der Waals surface area contributed by atoms with Crippen LogP contribution in [0.25, 0.3) is 0 Å². The molecule has 20 heavy (non-hydrogen) atoms. The van der Waals surface area contributed by atoms with E-state index < -0.39 is 0 Å². The highest BCUT2D eigenvalue weighted by Crippen LogP contribution is 2.16. The van der Waals surface area contributed by atoms with Crippen LogP contribution in [0.4, 0.5) is 5.82 Å². The summed E-state index contributed by atoms with van der Waals surface area (Å²) in [5.74, 6) is 0.973. The summed E-state index contributed by atoms with van der Waals surface area (Å²) in [4.78, 5) is 2.30. The highest BCUT2D eigenvalue weighted by atomic mass is 15.3. The first-order chi connectivity index (χ1) is 9.81. The third-order valence-corrected chi connectivity index (χ3v) is 3.66. The van der Waals surface area contributed by atoms with Crippen molar-refractivity contribution >= 4 is 5.82 Å². The summed E-state index contributed by atoms with van der Waals surface area (Å²) in [5.41, 5.74) is 1.23. The number of anilines is 1. The molecule has 0 saturated carbocycles. The lowest BCUT2D eigenvalue weighted by atomic mass is 10.1. The molecular formula is C14H20N6. The Balaban J connectivity index is 1.55. The van der Waals surface area contributed by atoms with E-state index in [0.717, 1.165) is 25.5 Å². The van der Waals surface area contributed by atoms with E-state index in [-0.39, 0.29) is 0 Å². The fourth-order valence-electron chi connectivity index (χ4n) is 2.64. The Kier molecular flexibility index (Phi) is 3.92. The van der Waals surface area contributed by atoms with E-state index in [1.807, 2.05) is 30.1 Å². The fraction of sp³-hybridized carbons (Fsp3) is 0.500. The minimum Gasteiger partial charge on any atom is -0.354 e. The maximum Gasteiger partial charge on any atom is 0.151 e. The van der Waals surface area contributed by atoms with Crippen LogP contribution in [0, 0.1) is 0 Å². The largest absolute Gasteiger partial charge is 0.354 e. The highest BCUT2D eigenvalue weighted by molar-refractivity contribution is 5.37. The molecule has 6 nitrogen and oxygen atoms in total. The van der Waals surface area contributed by atoms with Gasteiger partial charge in [0, 0.05) is 50.7 Å². The second-order valence-electron chi connectivity index (χ2n) is 5.27. The van der Waals surface area contributed by atoms with Crippen molar-refractivity contribution in [3.05, 3.63) is 36.3 Å². The van der Waals surface area contributed by atoms with E-state index in [9.17, 15) is 0 Å².